The van der Waals surface area contributed by atoms with Gasteiger partial charge < -0.3 is 15.0 Å². The average Bonchev–Trinajstić information content (AvgIpc) is 2.75. The Bertz CT molecular complexity index is 772. The van der Waals surface area contributed by atoms with Gasteiger partial charge in [-0.2, -0.15) is 0 Å². The van der Waals surface area contributed by atoms with Gasteiger partial charge >= 0.3 is 0 Å². The van der Waals surface area contributed by atoms with E-state index < -0.39 is 6.04 Å². The Morgan fingerprint density at radius 2 is 1.69 bits per heavy atom. The number of carbonyl (C=O) groups excluding carboxylic acids is 2. The number of nitrogens with zero attached hydrogens (tertiary/aromatic N) is 1. The summed E-state index contributed by atoms with van der Waals surface area (Å²) < 4.78 is 5.72. The second kappa shape index (κ2) is 11.2. The molecule has 29 heavy (non-hydrogen) atoms. The minimum atomic E-state index is -0.511. The predicted molar refractivity (Wildman–Crippen MR) is 116 cm³/mol. The molecule has 0 radical (unpaired) electrons. The van der Waals surface area contributed by atoms with Gasteiger partial charge in [-0.05, 0) is 42.0 Å². The lowest BCUT2D eigenvalue weighted by molar-refractivity contribution is -0.142. The van der Waals surface area contributed by atoms with Crippen molar-refractivity contribution in [3.05, 3.63) is 65.7 Å². The Morgan fingerprint density at radius 1 is 1.03 bits per heavy atom. The lowest BCUT2D eigenvalue weighted by atomic mass is 10.0. The molecule has 2 rings (SSSR count). The molecule has 0 aliphatic heterocycles. The average molecular weight is 397 g/mol. The van der Waals surface area contributed by atoms with E-state index in [9.17, 15) is 9.59 Å². The van der Waals surface area contributed by atoms with Crippen molar-refractivity contribution in [2.45, 2.75) is 45.6 Å². The summed E-state index contributed by atoms with van der Waals surface area (Å²) >= 11 is 0. The molecule has 0 heterocycles. The molecule has 2 amide bonds. The monoisotopic (exact) mass is 396 g/mol. The number of benzene rings is 2. The highest BCUT2D eigenvalue weighted by molar-refractivity contribution is 5.88. The maximum atomic E-state index is 13.0. The fraction of sp³-hybridized carbons (Fsp3) is 0.417. The van der Waals surface area contributed by atoms with Gasteiger partial charge in [0, 0.05) is 13.6 Å². The Hall–Kier alpha value is -2.82. The molecule has 5 heteroatoms. The van der Waals surface area contributed by atoms with Crippen LogP contribution in [0.1, 0.15) is 44.2 Å². The summed E-state index contributed by atoms with van der Waals surface area (Å²) in [7, 11) is 1.59. The Kier molecular flexibility index (Phi) is 8.71. The molecular weight excluding hydrogens is 364 g/mol. The first-order valence-electron chi connectivity index (χ1n) is 10.2. The van der Waals surface area contributed by atoms with Gasteiger partial charge in [-0.25, -0.2) is 0 Å². The summed E-state index contributed by atoms with van der Waals surface area (Å²) in [6, 6.07) is 17.2. The molecule has 1 N–H and O–H groups in total. The molecule has 0 unspecified atom stereocenters. The predicted octanol–water partition coefficient (Wildman–Crippen LogP) is 3.78. The third-order valence-corrected chi connectivity index (χ3v) is 5.03. The zero-order chi connectivity index (χ0) is 21.2. The van der Waals surface area contributed by atoms with E-state index in [1.165, 1.54) is 5.56 Å². The van der Waals surface area contributed by atoms with E-state index in [2.05, 4.69) is 19.2 Å². The van der Waals surface area contributed by atoms with E-state index in [1.54, 1.807) is 11.9 Å². The van der Waals surface area contributed by atoms with Crippen LogP contribution in [0.4, 0.5) is 0 Å². The maximum Gasteiger partial charge on any atom is 0.261 e. The molecule has 0 saturated carbocycles. The minimum absolute atomic E-state index is 0.0939. The zero-order valence-corrected chi connectivity index (χ0v) is 17.9. The van der Waals surface area contributed by atoms with Crippen LogP contribution in [0.2, 0.25) is 0 Å². The number of amides is 2. The normalized spacial score (nSPS) is 11.8. The first-order valence-corrected chi connectivity index (χ1v) is 10.2. The van der Waals surface area contributed by atoms with Crippen LogP contribution in [-0.2, 0) is 16.0 Å². The van der Waals surface area contributed by atoms with Crippen molar-refractivity contribution in [3.8, 4) is 5.75 Å². The summed E-state index contributed by atoms with van der Waals surface area (Å²) in [4.78, 5) is 26.9. The van der Waals surface area contributed by atoms with E-state index in [4.69, 9.17) is 4.74 Å². The summed E-state index contributed by atoms with van der Waals surface area (Å²) in [5.41, 5.74) is 2.35. The van der Waals surface area contributed by atoms with Crippen LogP contribution in [0, 0.1) is 0 Å². The first-order chi connectivity index (χ1) is 14.0. The van der Waals surface area contributed by atoms with E-state index in [0.717, 1.165) is 5.56 Å². The van der Waals surface area contributed by atoms with Crippen LogP contribution >= 0.6 is 0 Å². The minimum Gasteiger partial charge on any atom is -0.484 e. The topological polar surface area (TPSA) is 58.6 Å². The summed E-state index contributed by atoms with van der Waals surface area (Å²) in [5.74, 6) is 0.746. The molecule has 0 fully saturated rings. The van der Waals surface area contributed by atoms with E-state index in [1.807, 2.05) is 61.5 Å². The Labute approximate surface area is 174 Å². The number of hydrogen-bond donors (Lipinski definition) is 1. The number of likely N-dealkylation sites (N-methyl/N-ethyl adjacent to an activating group) is 1. The molecule has 1 atom stereocenters. The molecule has 2 aromatic carbocycles. The van der Waals surface area contributed by atoms with Gasteiger partial charge in [-0.15, -0.1) is 0 Å². The number of rotatable bonds is 10. The molecule has 0 saturated heterocycles. The SMILES string of the molecule is CC[C@H](C(=O)NC)N(CCc1ccccc1)C(=O)COc1ccc(C(C)C)cc1. The molecule has 0 bridgehead atoms. The third kappa shape index (κ3) is 6.63. The first kappa shape index (κ1) is 22.5. The molecule has 156 valence electrons. The molecule has 0 spiro atoms. The largest absolute Gasteiger partial charge is 0.484 e. The number of nitrogens with one attached hydrogen (secondary N) is 1. The standard InChI is InChI=1S/C24H32N2O3/c1-5-22(24(28)25-4)26(16-15-19-9-7-6-8-10-19)23(27)17-29-21-13-11-20(12-14-21)18(2)3/h6-14,18,22H,5,15-17H2,1-4H3,(H,25,28)/t22-/m1/s1. The van der Waals surface area contributed by atoms with Crippen molar-refractivity contribution < 1.29 is 14.3 Å². The highest BCUT2D eigenvalue weighted by atomic mass is 16.5. The quantitative estimate of drug-likeness (QED) is 0.665. The third-order valence-electron chi connectivity index (χ3n) is 5.03. The van der Waals surface area contributed by atoms with Crippen LogP contribution in [0.15, 0.2) is 54.6 Å². The van der Waals surface area contributed by atoms with Gasteiger partial charge in [-0.1, -0.05) is 63.2 Å². The van der Waals surface area contributed by atoms with Gasteiger partial charge in [-0.3, -0.25) is 9.59 Å². The molecule has 2 aromatic rings. The highest BCUT2D eigenvalue weighted by Gasteiger charge is 2.27. The van der Waals surface area contributed by atoms with Gasteiger partial charge in [0.05, 0.1) is 0 Å². The molecule has 0 aliphatic rings. The van der Waals surface area contributed by atoms with Gasteiger partial charge in [0.25, 0.3) is 5.91 Å². The number of hydrogen-bond acceptors (Lipinski definition) is 3. The Morgan fingerprint density at radius 3 is 2.24 bits per heavy atom. The van der Waals surface area contributed by atoms with Crippen LogP contribution in [0.5, 0.6) is 5.75 Å². The van der Waals surface area contributed by atoms with Crippen molar-refractivity contribution in [1.29, 1.82) is 0 Å². The van der Waals surface area contributed by atoms with Gasteiger partial charge in [0.1, 0.15) is 11.8 Å². The zero-order valence-electron chi connectivity index (χ0n) is 17.9. The van der Waals surface area contributed by atoms with Crippen molar-refractivity contribution >= 4 is 11.8 Å². The van der Waals surface area contributed by atoms with Gasteiger partial charge in [0.2, 0.25) is 5.91 Å². The van der Waals surface area contributed by atoms with Crippen LogP contribution in [0.3, 0.4) is 0 Å². The van der Waals surface area contributed by atoms with Crippen molar-refractivity contribution in [1.82, 2.24) is 10.2 Å². The van der Waals surface area contributed by atoms with E-state index >= 15 is 0 Å². The fourth-order valence-electron chi connectivity index (χ4n) is 3.24. The van der Waals surface area contributed by atoms with Crippen molar-refractivity contribution in [2.24, 2.45) is 0 Å². The van der Waals surface area contributed by atoms with E-state index in [-0.39, 0.29) is 18.4 Å². The smallest absolute Gasteiger partial charge is 0.261 e. The van der Waals surface area contributed by atoms with Crippen LogP contribution in [0.25, 0.3) is 0 Å². The fourth-order valence-corrected chi connectivity index (χ4v) is 3.24. The van der Waals surface area contributed by atoms with E-state index in [0.29, 0.717) is 31.1 Å². The number of carbonyl (C=O) groups is 2. The molecular formula is C24H32N2O3. The second-order valence-corrected chi connectivity index (χ2v) is 7.37. The maximum absolute atomic E-state index is 13.0. The number of ether oxygens (including phenoxy) is 1. The molecule has 0 aliphatic carbocycles. The summed E-state index contributed by atoms with van der Waals surface area (Å²) in [5, 5.41) is 2.67. The van der Waals surface area contributed by atoms with Gasteiger partial charge in [0.15, 0.2) is 6.61 Å². The second-order valence-electron chi connectivity index (χ2n) is 7.37. The summed E-state index contributed by atoms with van der Waals surface area (Å²) in [6.07, 6.45) is 1.23. The lowest BCUT2D eigenvalue weighted by Gasteiger charge is -2.30. The molecule has 5 nitrogen and oxygen atoms in total. The van der Waals surface area contributed by atoms with Crippen LogP contribution < -0.4 is 10.1 Å². The Balaban J connectivity index is 2.07. The van der Waals surface area contributed by atoms with Crippen molar-refractivity contribution in [2.75, 3.05) is 20.2 Å². The highest BCUT2D eigenvalue weighted by Crippen LogP contribution is 2.19. The lowest BCUT2D eigenvalue weighted by Crippen LogP contribution is -2.50. The van der Waals surface area contributed by atoms with Crippen molar-refractivity contribution in [3.63, 3.8) is 0 Å². The molecule has 0 aromatic heterocycles. The summed E-state index contributed by atoms with van der Waals surface area (Å²) in [6.45, 7) is 6.54. The van der Waals surface area contributed by atoms with Crippen LogP contribution in [-0.4, -0.2) is 43.0 Å².